The van der Waals surface area contributed by atoms with Crippen LogP contribution in [0.5, 0.6) is 0 Å². The number of hydrogen-bond acceptors (Lipinski definition) is 5. The zero-order valence-corrected chi connectivity index (χ0v) is 9.54. The number of rotatable bonds is 3. The third-order valence-electron chi connectivity index (χ3n) is 2.88. The molecule has 2 rings (SSSR count). The zero-order chi connectivity index (χ0) is 10.7. The van der Waals surface area contributed by atoms with Gasteiger partial charge in [-0.2, -0.15) is 4.37 Å². The Labute approximate surface area is 93.9 Å². The van der Waals surface area contributed by atoms with Crippen LogP contribution in [0.15, 0.2) is 6.07 Å². The number of nitrogens with zero attached hydrogens (tertiary/aromatic N) is 2. The normalized spacial score (nSPS) is 21.9. The van der Waals surface area contributed by atoms with Crippen molar-refractivity contribution >= 4 is 22.4 Å². The van der Waals surface area contributed by atoms with Gasteiger partial charge in [0.05, 0.1) is 0 Å². The first-order chi connectivity index (χ1) is 7.29. The first-order valence-corrected chi connectivity index (χ1v) is 6.15. The molecule has 1 unspecified atom stereocenters. The average Bonchev–Trinajstić information content (AvgIpc) is 2.66. The Morgan fingerprint density at radius 2 is 2.53 bits per heavy atom. The molecular formula is C10H17N3OS. The highest BCUT2D eigenvalue weighted by Crippen LogP contribution is 2.28. The Morgan fingerprint density at radius 1 is 1.67 bits per heavy atom. The first-order valence-electron chi connectivity index (χ1n) is 5.37. The van der Waals surface area contributed by atoms with Gasteiger partial charge in [0.15, 0.2) is 0 Å². The number of piperidine rings is 1. The van der Waals surface area contributed by atoms with E-state index in [1.165, 1.54) is 24.4 Å². The Morgan fingerprint density at radius 3 is 3.20 bits per heavy atom. The van der Waals surface area contributed by atoms with Crippen LogP contribution in [0, 0.1) is 5.92 Å². The molecule has 2 heterocycles. The maximum Gasteiger partial charge on any atom is 0.139 e. The highest BCUT2D eigenvalue weighted by Gasteiger charge is 2.20. The number of anilines is 2. The molecule has 1 atom stereocenters. The summed E-state index contributed by atoms with van der Waals surface area (Å²) in [5.74, 6) is 1.23. The molecule has 0 aliphatic carbocycles. The third-order valence-corrected chi connectivity index (χ3v) is 3.75. The van der Waals surface area contributed by atoms with Crippen molar-refractivity contribution in [2.75, 3.05) is 30.3 Å². The Hall–Kier alpha value is -0.810. The summed E-state index contributed by atoms with van der Waals surface area (Å²) < 4.78 is 4.09. The van der Waals surface area contributed by atoms with Gasteiger partial charge in [-0.15, -0.1) is 0 Å². The molecule has 1 aromatic rings. The molecule has 1 saturated heterocycles. The van der Waals surface area contributed by atoms with Crippen LogP contribution in [-0.2, 0) is 0 Å². The molecule has 1 aliphatic heterocycles. The van der Waals surface area contributed by atoms with Crippen LogP contribution >= 0.6 is 11.5 Å². The molecule has 1 aliphatic rings. The molecule has 1 aromatic heterocycles. The van der Waals surface area contributed by atoms with Crippen molar-refractivity contribution in [2.45, 2.75) is 19.3 Å². The van der Waals surface area contributed by atoms with Crippen molar-refractivity contribution < 1.29 is 5.11 Å². The van der Waals surface area contributed by atoms with E-state index in [0.717, 1.165) is 24.5 Å². The van der Waals surface area contributed by atoms with E-state index in [9.17, 15) is 0 Å². The monoisotopic (exact) mass is 227 g/mol. The fourth-order valence-corrected chi connectivity index (χ4v) is 2.82. The van der Waals surface area contributed by atoms with Gasteiger partial charge in [0, 0.05) is 25.8 Å². The minimum Gasteiger partial charge on any atom is -0.396 e. The second-order valence-electron chi connectivity index (χ2n) is 4.06. The molecule has 0 spiro atoms. The number of aliphatic hydroxyl groups is 1. The van der Waals surface area contributed by atoms with Crippen LogP contribution < -0.4 is 10.6 Å². The Kier molecular flexibility index (Phi) is 3.43. The van der Waals surface area contributed by atoms with Crippen LogP contribution in [0.3, 0.4) is 0 Å². The number of aliphatic hydroxyl groups excluding tert-OH is 1. The van der Waals surface area contributed by atoms with Crippen molar-refractivity contribution in [1.29, 1.82) is 0 Å². The van der Waals surface area contributed by atoms with Gasteiger partial charge in [0.25, 0.3) is 0 Å². The van der Waals surface area contributed by atoms with Crippen LogP contribution in [0.2, 0.25) is 0 Å². The Bertz CT molecular complexity index is 313. The summed E-state index contributed by atoms with van der Waals surface area (Å²) in [6, 6.07) is 1.94. The van der Waals surface area contributed by atoms with Gasteiger partial charge in [-0.3, -0.25) is 0 Å². The van der Waals surface area contributed by atoms with E-state index in [0.29, 0.717) is 18.3 Å². The molecule has 0 saturated carbocycles. The largest absolute Gasteiger partial charge is 0.396 e. The molecule has 3 N–H and O–H groups in total. The topological polar surface area (TPSA) is 62.4 Å². The van der Waals surface area contributed by atoms with Gasteiger partial charge in [-0.25, -0.2) is 0 Å². The molecule has 0 bridgehead atoms. The summed E-state index contributed by atoms with van der Waals surface area (Å²) in [5.41, 5.74) is 5.61. The molecule has 4 nitrogen and oxygen atoms in total. The van der Waals surface area contributed by atoms with Crippen LogP contribution in [0.4, 0.5) is 10.8 Å². The molecule has 15 heavy (non-hydrogen) atoms. The molecule has 1 fully saturated rings. The van der Waals surface area contributed by atoms with Crippen molar-refractivity contribution in [1.82, 2.24) is 4.37 Å². The van der Waals surface area contributed by atoms with Crippen molar-refractivity contribution in [2.24, 2.45) is 5.92 Å². The smallest absolute Gasteiger partial charge is 0.139 e. The number of nitrogens with two attached hydrogens (primary N) is 1. The van der Waals surface area contributed by atoms with Crippen LogP contribution in [0.1, 0.15) is 19.3 Å². The lowest BCUT2D eigenvalue weighted by Gasteiger charge is -2.32. The fourth-order valence-electron chi connectivity index (χ4n) is 2.11. The highest BCUT2D eigenvalue weighted by atomic mass is 32.1. The average molecular weight is 227 g/mol. The van der Waals surface area contributed by atoms with Crippen LogP contribution in [-0.4, -0.2) is 29.2 Å². The first kappa shape index (κ1) is 10.7. The molecule has 0 radical (unpaired) electrons. The highest BCUT2D eigenvalue weighted by molar-refractivity contribution is 7.10. The quantitative estimate of drug-likeness (QED) is 0.817. The predicted octanol–water partition coefficient (Wildman–Crippen LogP) is 1.32. The zero-order valence-electron chi connectivity index (χ0n) is 8.72. The molecular weight excluding hydrogens is 210 g/mol. The van der Waals surface area contributed by atoms with E-state index in [1.54, 1.807) is 0 Å². The van der Waals surface area contributed by atoms with Gasteiger partial charge >= 0.3 is 0 Å². The minimum absolute atomic E-state index is 0.295. The number of aromatic nitrogens is 1. The number of nitrogen functional groups attached to an aromatic ring is 1. The summed E-state index contributed by atoms with van der Waals surface area (Å²) in [7, 11) is 0. The summed E-state index contributed by atoms with van der Waals surface area (Å²) in [5, 5.41) is 10.1. The van der Waals surface area contributed by atoms with Gasteiger partial charge in [-0.05, 0) is 36.7 Å². The predicted molar refractivity (Wildman–Crippen MR) is 63.2 cm³/mol. The fraction of sp³-hybridized carbons (Fsp3) is 0.700. The van der Waals surface area contributed by atoms with E-state index >= 15 is 0 Å². The standard InChI is InChI=1S/C10H17N3OS/c11-9-6-10(15-12-9)13-4-1-2-8(7-13)3-5-14/h6,8,14H,1-5,7H2,(H2,11,12). The Balaban J connectivity index is 1.98. The molecule has 5 heteroatoms. The maximum atomic E-state index is 8.93. The van der Waals surface area contributed by atoms with Crippen molar-refractivity contribution in [3.05, 3.63) is 6.07 Å². The van der Waals surface area contributed by atoms with E-state index < -0.39 is 0 Å². The van der Waals surface area contributed by atoms with E-state index in [4.69, 9.17) is 10.8 Å². The number of hydrogen-bond donors (Lipinski definition) is 2. The summed E-state index contributed by atoms with van der Waals surface area (Å²) in [4.78, 5) is 2.33. The van der Waals surface area contributed by atoms with Crippen molar-refractivity contribution in [3.8, 4) is 0 Å². The van der Waals surface area contributed by atoms with Gasteiger partial charge in [-0.1, -0.05) is 0 Å². The third kappa shape index (κ3) is 2.60. The summed E-state index contributed by atoms with van der Waals surface area (Å²) in [6.07, 6.45) is 3.33. The lowest BCUT2D eigenvalue weighted by Crippen LogP contribution is -2.35. The summed E-state index contributed by atoms with van der Waals surface area (Å²) >= 11 is 1.46. The molecule has 0 aromatic carbocycles. The lowest BCUT2D eigenvalue weighted by atomic mass is 9.95. The van der Waals surface area contributed by atoms with Gasteiger partial charge < -0.3 is 15.7 Å². The van der Waals surface area contributed by atoms with Gasteiger partial charge in [0.1, 0.15) is 10.8 Å². The summed E-state index contributed by atoms with van der Waals surface area (Å²) in [6.45, 7) is 2.41. The maximum absolute atomic E-state index is 8.93. The SMILES string of the molecule is Nc1cc(N2CCCC(CCO)C2)sn1. The molecule has 0 amide bonds. The molecule has 84 valence electrons. The minimum atomic E-state index is 0.295. The second kappa shape index (κ2) is 4.81. The van der Waals surface area contributed by atoms with Gasteiger partial charge in [0.2, 0.25) is 0 Å². The second-order valence-corrected chi connectivity index (χ2v) is 4.84. The van der Waals surface area contributed by atoms with Crippen LogP contribution in [0.25, 0.3) is 0 Å². The van der Waals surface area contributed by atoms with E-state index in [-0.39, 0.29) is 0 Å². The van der Waals surface area contributed by atoms with E-state index in [2.05, 4.69) is 9.27 Å². The van der Waals surface area contributed by atoms with Crippen molar-refractivity contribution in [3.63, 3.8) is 0 Å². The van der Waals surface area contributed by atoms with E-state index in [1.807, 2.05) is 6.07 Å². The lowest BCUT2D eigenvalue weighted by molar-refractivity contribution is 0.244.